The monoisotopic (exact) mass is 144 g/mol. The molecule has 1 aliphatic heterocycles. The van der Waals surface area contributed by atoms with Crippen molar-refractivity contribution < 1.29 is 4.74 Å². The summed E-state index contributed by atoms with van der Waals surface area (Å²) in [6.45, 7) is 5.63. The molecule has 1 heterocycles. The molecule has 0 aromatic carbocycles. The van der Waals surface area contributed by atoms with Crippen molar-refractivity contribution in [2.45, 2.75) is 38.0 Å². The van der Waals surface area contributed by atoms with Crippen molar-refractivity contribution in [1.29, 1.82) is 0 Å². The second-order valence-corrected chi connectivity index (χ2v) is 5.31. The van der Waals surface area contributed by atoms with Crippen molar-refractivity contribution in [3.63, 3.8) is 0 Å². The first-order chi connectivity index (χ1) is 4.27. The van der Waals surface area contributed by atoms with Crippen LogP contribution in [0.15, 0.2) is 0 Å². The quantitative estimate of drug-likeness (QED) is 0.501. The maximum Gasteiger partial charge on any atom is 0.0560 e. The van der Waals surface area contributed by atoms with Crippen LogP contribution in [0.2, 0.25) is 6.55 Å². The molecule has 0 bridgehead atoms. The van der Waals surface area contributed by atoms with E-state index < -0.39 is 0 Å². The molecule has 0 aromatic rings. The Morgan fingerprint density at radius 3 is 2.56 bits per heavy atom. The summed E-state index contributed by atoms with van der Waals surface area (Å²) in [7, 11) is 0.0495. The maximum atomic E-state index is 5.68. The van der Waals surface area contributed by atoms with Crippen molar-refractivity contribution >= 4 is 9.52 Å². The molecule has 0 N–H and O–H groups in total. The molecule has 0 amide bonds. The minimum absolute atomic E-state index is 0.0495. The Labute approximate surface area is 59.6 Å². The molecule has 0 saturated carbocycles. The zero-order valence-corrected chi connectivity index (χ0v) is 7.86. The fourth-order valence-electron chi connectivity index (χ4n) is 1.27. The Morgan fingerprint density at radius 1 is 1.44 bits per heavy atom. The average molecular weight is 144 g/mol. The highest BCUT2D eigenvalue weighted by molar-refractivity contribution is 6.37. The standard InChI is InChI=1S/C7H16OSi/c1-7(9-2)5-3-4-6-8-7/h3-6,9H2,1-2H3. The Bertz CT molecular complexity index is 86.9. The first kappa shape index (κ1) is 7.29. The van der Waals surface area contributed by atoms with Crippen LogP contribution >= 0.6 is 0 Å². The normalized spacial score (nSPS) is 38.0. The van der Waals surface area contributed by atoms with Gasteiger partial charge in [0.1, 0.15) is 0 Å². The second kappa shape index (κ2) is 2.84. The van der Waals surface area contributed by atoms with E-state index in [0.717, 1.165) is 6.61 Å². The van der Waals surface area contributed by atoms with Gasteiger partial charge in [-0.2, -0.15) is 0 Å². The first-order valence-electron chi connectivity index (χ1n) is 3.91. The zero-order valence-electron chi connectivity index (χ0n) is 6.44. The molecule has 1 unspecified atom stereocenters. The minimum atomic E-state index is 0.0495. The summed E-state index contributed by atoms with van der Waals surface area (Å²) in [6, 6.07) is 0. The Kier molecular flexibility index (Phi) is 2.30. The van der Waals surface area contributed by atoms with E-state index in [4.69, 9.17) is 4.74 Å². The fraction of sp³-hybridized carbons (Fsp3) is 1.00. The fourth-order valence-corrected chi connectivity index (χ4v) is 2.22. The van der Waals surface area contributed by atoms with Crippen molar-refractivity contribution in [3.8, 4) is 0 Å². The summed E-state index contributed by atoms with van der Waals surface area (Å²) in [5.74, 6) is 0. The third-order valence-corrected chi connectivity index (χ3v) is 4.35. The first-order valence-corrected chi connectivity index (χ1v) is 6.03. The van der Waals surface area contributed by atoms with Gasteiger partial charge in [-0.3, -0.25) is 0 Å². The van der Waals surface area contributed by atoms with Crippen LogP contribution < -0.4 is 0 Å². The lowest BCUT2D eigenvalue weighted by atomic mass is 10.1. The maximum absolute atomic E-state index is 5.68. The molecular weight excluding hydrogens is 128 g/mol. The average Bonchev–Trinajstić information content (AvgIpc) is 1.90. The molecule has 0 spiro atoms. The molecule has 1 rings (SSSR count). The molecule has 9 heavy (non-hydrogen) atoms. The van der Waals surface area contributed by atoms with Crippen LogP contribution in [0.5, 0.6) is 0 Å². The summed E-state index contributed by atoms with van der Waals surface area (Å²) in [5.41, 5.74) is 0. The van der Waals surface area contributed by atoms with E-state index in [2.05, 4.69) is 13.5 Å². The summed E-state index contributed by atoms with van der Waals surface area (Å²) in [4.78, 5) is 0. The molecule has 1 fully saturated rings. The third-order valence-electron chi connectivity index (χ3n) is 2.30. The third kappa shape index (κ3) is 1.80. The van der Waals surface area contributed by atoms with Gasteiger partial charge in [0, 0.05) is 11.8 Å². The molecule has 0 aliphatic carbocycles. The molecule has 1 saturated heterocycles. The van der Waals surface area contributed by atoms with Crippen molar-refractivity contribution in [2.75, 3.05) is 6.61 Å². The molecule has 54 valence electrons. The largest absolute Gasteiger partial charge is 0.379 e. The van der Waals surface area contributed by atoms with Crippen molar-refractivity contribution in [3.05, 3.63) is 0 Å². The molecule has 1 aliphatic rings. The lowest BCUT2D eigenvalue weighted by Gasteiger charge is -2.32. The number of hydrogen-bond acceptors (Lipinski definition) is 1. The van der Waals surface area contributed by atoms with Gasteiger partial charge in [0.2, 0.25) is 0 Å². The van der Waals surface area contributed by atoms with Crippen molar-refractivity contribution in [2.24, 2.45) is 0 Å². The van der Waals surface area contributed by atoms with E-state index in [1.807, 2.05) is 0 Å². The van der Waals surface area contributed by atoms with E-state index in [9.17, 15) is 0 Å². The van der Waals surface area contributed by atoms with Gasteiger partial charge in [0.25, 0.3) is 0 Å². The number of hydrogen-bond donors (Lipinski definition) is 0. The van der Waals surface area contributed by atoms with Crippen LogP contribution in [-0.4, -0.2) is 21.4 Å². The molecule has 0 aromatic heterocycles. The summed E-state index contributed by atoms with van der Waals surface area (Å²) in [5, 5.41) is 0.359. The van der Waals surface area contributed by atoms with Gasteiger partial charge in [-0.1, -0.05) is 6.55 Å². The SMILES string of the molecule is C[SiH2]C1(C)CCCCO1. The summed E-state index contributed by atoms with van der Waals surface area (Å²) < 4.78 is 5.68. The Hall–Kier alpha value is 0.177. The van der Waals surface area contributed by atoms with E-state index in [1.165, 1.54) is 19.3 Å². The zero-order chi connectivity index (χ0) is 6.74. The van der Waals surface area contributed by atoms with Gasteiger partial charge in [0.05, 0.1) is 9.52 Å². The van der Waals surface area contributed by atoms with E-state index in [1.54, 1.807) is 0 Å². The van der Waals surface area contributed by atoms with Gasteiger partial charge in [-0.15, -0.1) is 0 Å². The summed E-state index contributed by atoms with van der Waals surface area (Å²) >= 11 is 0. The van der Waals surface area contributed by atoms with Crippen LogP contribution in [0, 0.1) is 0 Å². The van der Waals surface area contributed by atoms with E-state index >= 15 is 0 Å². The minimum Gasteiger partial charge on any atom is -0.379 e. The highest BCUT2D eigenvalue weighted by Gasteiger charge is 2.24. The molecule has 1 nitrogen and oxygen atoms in total. The van der Waals surface area contributed by atoms with Crippen LogP contribution in [-0.2, 0) is 4.74 Å². The topological polar surface area (TPSA) is 9.23 Å². The van der Waals surface area contributed by atoms with Crippen LogP contribution in [0.25, 0.3) is 0 Å². The van der Waals surface area contributed by atoms with Crippen LogP contribution in [0.1, 0.15) is 26.2 Å². The van der Waals surface area contributed by atoms with Gasteiger partial charge in [-0.25, -0.2) is 0 Å². The molecule has 1 atom stereocenters. The van der Waals surface area contributed by atoms with Gasteiger partial charge in [0.15, 0.2) is 0 Å². The van der Waals surface area contributed by atoms with Crippen molar-refractivity contribution in [1.82, 2.24) is 0 Å². The lowest BCUT2D eigenvalue weighted by molar-refractivity contribution is -0.00676. The second-order valence-electron chi connectivity index (χ2n) is 3.11. The number of rotatable bonds is 1. The highest BCUT2D eigenvalue weighted by atomic mass is 28.2. The Morgan fingerprint density at radius 2 is 2.22 bits per heavy atom. The molecular formula is C7H16OSi. The van der Waals surface area contributed by atoms with Crippen LogP contribution in [0.4, 0.5) is 0 Å². The lowest BCUT2D eigenvalue weighted by Crippen LogP contribution is -2.37. The highest BCUT2D eigenvalue weighted by Crippen LogP contribution is 2.22. The molecule has 0 radical (unpaired) electrons. The van der Waals surface area contributed by atoms with Gasteiger partial charge >= 0.3 is 0 Å². The smallest absolute Gasteiger partial charge is 0.0560 e. The Balaban J connectivity index is 2.37. The summed E-state index contributed by atoms with van der Waals surface area (Å²) in [6.07, 6.45) is 3.98. The predicted molar refractivity (Wildman–Crippen MR) is 42.6 cm³/mol. The predicted octanol–water partition coefficient (Wildman–Crippen LogP) is 1.12. The van der Waals surface area contributed by atoms with Crippen LogP contribution in [0.3, 0.4) is 0 Å². The van der Waals surface area contributed by atoms with Gasteiger partial charge < -0.3 is 4.74 Å². The van der Waals surface area contributed by atoms with Gasteiger partial charge in [-0.05, 0) is 26.2 Å². The number of ether oxygens (including phenoxy) is 1. The van der Waals surface area contributed by atoms with E-state index in [-0.39, 0.29) is 9.52 Å². The van der Waals surface area contributed by atoms with E-state index in [0.29, 0.717) is 5.22 Å². The molecule has 2 heteroatoms.